The van der Waals surface area contributed by atoms with Crippen LogP contribution < -0.4 is 16.4 Å². The third-order valence-corrected chi connectivity index (χ3v) is 5.62. The smallest absolute Gasteiger partial charge is 0.414 e. The third kappa shape index (κ3) is 6.32. The molecule has 0 radical (unpaired) electrons. The molecule has 0 fully saturated rings. The summed E-state index contributed by atoms with van der Waals surface area (Å²) in [5.74, 6) is -0.927. The molecule has 0 aromatic heterocycles. The number of nitrogen functional groups attached to an aromatic ring is 1. The van der Waals surface area contributed by atoms with Crippen LogP contribution in [-0.2, 0) is 9.53 Å². The maximum absolute atomic E-state index is 12.7. The molecule has 0 aliphatic rings. The summed E-state index contributed by atoms with van der Waals surface area (Å²) in [6.07, 6.45) is 1.20. The molecule has 0 aliphatic carbocycles. The molecule has 0 saturated carbocycles. The van der Waals surface area contributed by atoms with Crippen LogP contribution in [0, 0.1) is 0 Å². The summed E-state index contributed by atoms with van der Waals surface area (Å²) in [4.78, 5) is 37.5. The number of hydrogen-bond donors (Lipinski definition) is 4. The second-order valence-electron chi connectivity index (χ2n) is 8.15. The van der Waals surface area contributed by atoms with Crippen LogP contribution in [0.1, 0.15) is 28.4 Å². The summed E-state index contributed by atoms with van der Waals surface area (Å²) in [6.45, 7) is 0. The number of carbonyl (C=O) groups excluding carboxylic acids is 3. The van der Waals surface area contributed by atoms with Crippen molar-refractivity contribution in [3.05, 3.63) is 114 Å². The van der Waals surface area contributed by atoms with E-state index in [0.29, 0.717) is 33.3 Å². The highest BCUT2D eigenvalue weighted by atomic mass is 16.6. The zero-order chi connectivity index (χ0) is 26.2. The number of phenols is 1. The molecule has 0 unspecified atom stereocenters. The van der Waals surface area contributed by atoms with Gasteiger partial charge in [-0.1, -0.05) is 66.7 Å². The van der Waals surface area contributed by atoms with Gasteiger partial charge >= 0.3 is 6.09 Å². The predicted molar refractivity (Wildman–Crippen MR) is 142 cm³/mol. The highest BCUT2D eigenvalue weighted by molar-refractivity contribution is 6.03. The van der Waals surface area contributed by atoms with Crippen molar-refractivity contribution < 1.29 is 24.2 Å². The average molecular weight is 496 g/mol. The van der Waals surface area contributed by atoms with Gasteiger partial charge in [0, 0.05) is 22.9 Å². The zero-order valence-electron chi connectivity index (χ0n) is 19.8. The first kappa shape index (κ1) is 25.0. The molecule has 8 nitrogen and oxygen atoms in total. The lowest BCUT2D eigenvalue weighted by Gasteiger charge is -2.19. The minimum Gasteiger partial charge on any atom is -0.507 e. The molecular formula is C29H25N3O5. The number of alkyl carbamates (subject to hydrolysis) is 1. The van der Waals surface area contributed by atoms with Crippen molar-refractivity contribution in [1.82, 2.24) is 5.32 Å². The van der Waals surface area contributed by atoms with Crippen molar-refractivity contribution in [2.45, 2.75) is 12.5 Å². The van der Waals surface area contributed by atoms with Gasteiger partial charge in [-0.05, 0) is 41.8 Å². The number of nitrogens with two attached hydrogens (primary N) is 1. The number of carbonyl (C=O) groups is 3. The van der Waals surface area contributed by atoms with Gasteiger partial charge in [0.1, 0.15) is 11.9 Å². The Balaban J connectivity index is 1.54. The van der Waals surface area contributed by atoms with E-state index in [-0.39, 0.29) is 12.2 Å². The zero-order valence-corrected chi connectivity index (χ0v) is 19.8. The minimum absolute atomic E-state index is 0.0807. The van der Waals surface area contributed by atoms with Crippen LogP contribution in [0.2, 0.25) is 0 Å². The molecule has 0 spiro atoms. The van der Waals surface area contributed by atoms with E-state index in [1.165, 1.54) is 12.1 Å². The number of hydrogen-bond acceptors (Lipinski definition) is 6. The summed E-state index contributed by atoms with van der Waals surface area (Å²) >= 11 is 0. The molecular weight excluding hydrogens is 470 g/mol. The monoisotopic (exact) mass is 495 g/mol. The average Bonchev–Trinajstić information content (AvgIpc) is 2.90. The maximum Gasteiger partial charge on any atom is 0.414 e. The molecule has 186 valence electrons. The van der Waals surface area contributed by atoms with Crippen LogP contribution in [0.4, 0.5) is 16.2 Å². The maximum atomic E-state index is 12.7. The number of rotatable bonds is 7. The first-order valence-electron chi connectivity index (χ1n) is 11.5. The highest BCUT2D eigenvalue weighted by Gasteiger charge is 2.21. The lowest BCUT2D eigenvalue weighted by atomic mass is 9.97. The Labute approximate surface area is 213 Å². The molecule has 0 aliphatic heterocycles. The van der Waals surface area contributed by atoms with E-state index in [1.807, 2.05) is 0 Å². The van der Waals surface area contributed by atoms with Gasteiger partial charge in [-0.15, -0.1) is 0 Å². The van der Waals surface area contributed by atoms with Gasteiger partial charge in [0.25, 0.3) is 5.91 Å². The Morgan fingerprint density at radius 3 is 2.30 bits per heavy atom. The number of fused-ring (bicyclic) bond motifs is 1. The van der Waals surface area contributed by atoms with Crippen LogP contribution >= 0.6 is 0 Å². The summed E-state index contributed by atoms with van der Waals surface area (Å²) < 4.78 is 5.64. The fourth-order valence-electron chi connectivity index (χ4n) is 3.82. The number of phenolic OH excluding ortho intramolecular Hbond substituents is 1. The predicted octanol–water partition coefficient (Wildman–Crippen LogP) is 5.32. The van der Waals surface area contributed by atoms with Crippen molar-refractivity contribution in [3.63, 3.8) is 0 Å². The van der Waals surface area contributed by atoms with Gasteiger partial charge in [-0.25, -0.2) is 4.79 Å². The number of aromatic hydroxyl groups is 1. The quantitative estimate of drug-likeness (QED) is 0.203. The molecule has 0 heterocycles. The second kappa shape index (κ2) is 11.5. The normalized spacial score (nSPS) is 11.7. The number of anilines is 2. The van der Waals surface area contributed by atoms with Gasteiger partial charge < -0.3 is 20.9 Å². The molecule has 0 saturated heterocycles. The van der Waals surface area contributed by atoms with Crippen LogP contribution in [-0.4, -0.2) is 23.0 Å². The SMILES string of the molecule is Nc1ccccc1NC(=O)/C=C/C[C@@H](OC(=O)NC(=O)c1ccccc1)c1ccc(O)c2ccccc12. The first-order chi connectivity index (χ1) is 17.9. The molecule has 37 heavy (non-hydrogen) atoms. The van der Waals surface area contributed by atoms with Crippen molar-refractivity contribution in [2.24, 2.45) is 0 Å². The Morgan fingerprint density at radius 2 is 1.54 bits per heavy atom. The summed E-state index contributed by atoms with van der Waals surface area (Å²) in [5.41, 5.74) is 7.70. The van der Waals surface area contributed by atoms with Crippen LogP contribution in [0.25, 0.3) is 10.8 Å². The largest absolute Gasteiger partial charge is 0.507 e. The number of imide groups is 1. The first-order valence-corrected chi connectivity index (χ1v) is 11.5. The molecule has 1 atom stereocenters. The number of nitrogens with one attached hydrogen (secondary N) is 2. The molecule has 8 heteroatoms. The van der Waals surface area contributed by atoms with Gasteiger partial charge in [0.2, 0.25) is 5.91 Å². The molecule has 4 aromatic carbocycles. The lowest BCUT2D eigenvalue weighted by Crippen LogP contribution is -2.32. The van der Waals surface area contributed by atoms with Crippen LogP contribution in [0.15, 0.2) is 103 Å². The number of ether oxygens (including phenoxy) is 1. The summed E-state index contributed by atoms with van der Waals surface area (Å²) in [6, 6.07) is 25.4. The minimum atomic E-state index is -0.939. The van der Waals surface area contributed by atoms with E-state index >= 15 is 0 Å². The number of benzene rings is 4. The van der Waals surface area contributed by atoms with Gasteiger partial charge in [-0.3, -0.25) is 14.9 Å². The Bertz CT molecular complexity index is 1470. The summed E-state index contributed by atoms with van der Waals surface area (Å²) in [7, 11) is 0. The lowest BCUT2D eigenvalue weighted by molar-refractivity contribution is -0.111. The topological polar surface area (TPSA) is 131 Å². The Kier molecular flexibility index (Phi) is 7.80. The fourth-order valence-corrected chi connectivity index (χ4v) is 3.82. The second-order valence-corrected chi connectivity index (χ2v) is 8.15. The van der Waals surface area contributed by atoms with Crippen molar-refractivity contribution >= 4 is 40.1 Å². The van der Waals surface area contributed by atoms with E-state index in [0.717, 1.165) is 0 Å². The molecule has 4 rings (SSSR count). The van der Waals surface area contributed by atoms with Crippen molar-refractivity contribution in [1.29, 1.82) is 0 Å². The molecule has 0 bridgehead atoms. The Morgan fingerprint density at radius 1 is 0.865 bits per heavy atom. The van der Waals surface area contributed by atoms with Crippen LogP contribution in [0.5, 0.6) is 5.75 Å². The third-order valence-electron chi connectivity index (χ3n) is 5.62. The van der Waals surface area contributed by atoms with E-state index in [1.54, 1.807) is 91.0 Å². The van der Waals surface area contributed by atoms with Gasteiger partial charge in [-0.2, -0.15) is 0 Å². The molecule has 5 N–H and O–H groups in total. The number of amides is 3. The fraction of sp³-hybridized carbons (Fsp3) is 0.0690. The van der Waals surface area contributed by atoms with E-state index in [2.05, 4.69) is 10.6 Å². The van der Waals surface area contributed by atoms with Crippen LogP contribution in [0.3, 0.4) is 0 Å². The summed E-state index contributed by atoms with van der Waals surface area (Å²) in [5, 5.41) is 16.4. The van der Waals surface area contributed by atoms with Gasteiger partial charge in [0.05, 0.1) is 11.4 Å². The van der Waals surface area contributed by atoms with Crippen molar-refractivity contribution in [2.75, 3.05) is 11.1 Å². The standard InChI is InChI=1S/C29H25N3O5/c30-23-13-6-7-14-24(23)31-27(34)16-8-15-26(22-17-18-25(33)21-12-5-4-11-20(21)22)37-29(36)32-28(35)19-9-2-1-3-10-19/h1-14,16-18,26,33H,15,30H2,(H,31,34)(H,32,35,36)/b16-8+/t26-/m1/s1. The Hall–Kier alpha value is -5.11. The highest BCUT2D eigenvalue weighted by Crippen LogP contribution is 2.34. The van der Waals surface area contributed by atoms with Gasteiger partial charge in [0.15, 0.2) is 0 Å². The molecule has 4 aromatic rings. The van der Waals surface area contributed by atoms with E-state index in [9.17, 15) is 19.5 Å². The molecule has 3 amide bonds. The number of para-hydroxylation sites is 2. The van der Waals surface area contributed by atoms with E-state index in [4.69, 9.17) is 10.5 Å². The van der Waals surface area contributed by atoms with E-state index < -0.39 is 24.0 Å². The van der Waals surface area contributed by atoms with Crippen molar-refractivity contribution in [3.8, 4) is 5.75 Å².